The van der Waals surface area contributed by atoms with Crippen molar-refractivity contribution in [3.05, 3.63) is 0 Å². The summed E-state index contributed by atoms with van der Waals surface area (Å²) in [5.74, 6) is 0. The second kappa shape index (κ2) is 9.07. The van der Waals surface area contributed by atoms with Crippen LogP contribution in [-0.4, -0.2) is 38.4 Å². The van der Waals surface area contributed by atoms with E-state index in [9.17, 15) is 0 Å². The molecule has 0 atom stereocenters. The van der Waals surface area contributed by atoms with Crippen LogP contribution in [0.3, 0.4) is 0 Å². The third-order valence-corrected chi connectivity index (χ3v) is 0.236. The highest BCUT2D eigenvalue weighted by molar-refractivity contribution is 5.75. The van der Waals surface area contributed by atoms with Gasteiger partial charge in [0.2, 0.25) is 0 Å². The van der Waals surface area contributed by atoms with Gasteiger partial charge in [-0.05, 0) is 0 Å². The van der Waals surface area contributed by atoms with Crippen molar-refractivity contribution in [1.82, 2.24) is 0 Å². The van der Waals surface area contributed by atoms with E-state index in [1.54, 1.807) is 14.2 Å². The van der Waals surface area contributed by atoms with E-state index in [1.807, 2.05) is 0 Å². The first-order valence-corrected chi connectivity index (χ1v) is 1.39. The maximum absolute atomic E-state index is 4.47. The van der Waals surface area contributed by atoms with E-state index in [0.717, 1.165) is 0 Å². The zero-order valence-corrected chi connectivity index (χ0v) is 3.52. The summed E-state index contributed by atoms with van der Waals surface area (Å²) in [7, 11) is 3.17. The molecule has 6 heavy (non-hydrogen) atoms. The van der Waals surface area contributed by atoms with Crippen LogP contribution in [0, 0.1) is 0 Å². The summed E-state index contributed by atoms with van der Waals surface area (Å²) in [6, 6.07) is 0. The van der Waals surface area contributed by atoms with E-state index in [0.29, 0.717) is 6.79 Å². The van der Waals surface area contributed by atoms with Crippen molar-refractivity contribution in [2.24, 2.45) is 0 Å². The highest BCUT2D eigenvalue weighted by Crippen LogP contribution is 1.60. The minimum Gasteiger partial charge on any atom is -0.359 e. The van der Waals surface area contributed by atoms with Gasteiger partial charge in [-0.2, -0.15) is 0 Å². The van der Waals surface area contributed by atoms with Gasteiger partial charge < -0.3 is 9.47 Å². The molecule has 0 fully saturated rings. The average Bonchev–Trinajstić information content (AvgIpc) is 1.41. The van der Waals surface area contributed by atoms with Crippen molar-refractivity contribution in [2.45, 2.75) is 0 Å². The minimum absolute atomic E-state index is 0. The second-order valence-corrected chi connectivity index (χ2v) is 0.695. The van der Waals surface area contributed by atoms with Crippen LogP contribution in [0.1, 0.15) is 0 Å². The molecule has 0 rings (SSSR count). The fourth-order valence-electron chi connectivity index (χ4n) is 0.118. The van der Waals surface area contributed by atoms with Crippen LogP contribution < -0.4 is 0 Å². The van der Waals surface area contributed by atoms with Crippen molar-refractivity contribution in [2.75, 3.05) is 21.0 Å². The van der Waals surface area contributed by atoms with Gasteiger partial charge in [-0.1, -0.05) is 0 Å². The molecule has 2 nitrogen and oxygen atoms in total. The number of rotatable bonds is 2. The SMILES string of the molecule is COCOC.[AlH3]. The van der Waals surface area contributed by atoms with Gasteiger partial charge in [0.05, 0.1) is 0 Å². The molecular formula is C3H11AlO2. The Morgan fingerprint density at radius 3 is 1.50 bits per heavy atom. The Morgan fingerprint density at radius 2 is 1.50 bits per heavy atom. The van der Waals surface area contributed by atoms with E-state index in [2.05, 4.69) is 9.47 Å². The molecule has 0 N–H and O–H groups in total. The Morgan fingerprint density at radius 1 is 1.17 bits per heavy atom. The molecule has 0 saturated heterocycles. The molecule has 0 aromatic heterocycles. The first kappa shape index (κ1) is 9.68. The van der Waals surface area contributed by atoms with Gasteiger partial charge in [-0.15, -0.1) is 0 Å². The van der Waals surface area contributed by atoms with Gasteiger partial charge in [0.25, 0.3) is 0 Å². The number of ether oxygens (including phenoxy) is 2. The molecule has 0 radical (unpaired) electrons. The summed E-state index contributed by atoms with van der Waals surface area (Å²) in [5.41, 5.74) is 0. The Labute approximate surface area is 48.6 Å². The zero-order chi connectivity index (χ0) is 4.12. The third-order valence-electron chi connectivity index (χ3n) is 0.236. The Kier molecular flexibility index (Phi) is 14.6. The van der Waals surface area contributed by atoms with Crippen molar-refractivity contribution < 1.29 is 9.47 Å². The monoisotopic (exact) mass is 106 g/mol. The third kappa shape index (κ3) is 8.82. The smallest absolute Gasteiger partial charge is 0.187 e. The standard InChI is InChI=1S/C3H8O2.Al.3H/c1-4-3-5-2;;;;/h3H2,1-2H3;;;;. The largest absolute Gasteiger partial charge is 0.359 e. The van der Waals surface area contributed by atoms with Gasteiger partial charge in [-0.3, -0.25) is 0 Å². The molecule has 3 heteroatoms. The first-order valence-electron chi connectivity index (χ1n) is 1.39. The molecule has 0 heterocycles. The fourth-order valence-corrected chi connectivity index (χ4v) is 0.118. The van der Waals surface area contributed by atoms with Crippen molar-refractivity contribution in [3.8, 4) is 0 Å². The minimum atomic E-state index is 0. The highest BCUT2D eigenvalue weighted by Gasteiger charge is 1.63. The van der Waals surface area contributed by atoms with Crippen LogP contribution in [-0.2, 0) is 9.47 Å². The van der Waals surface area contributed by atoms with E-state index < -0.39 is 0 Å². The summed E-state index contributed by atoms with van der Waals surface area (Å²) in [6.45, 7) is 0.389. The summed E-state index contributed by atoms with van der Waals surface area (Å²) in [6.07, 6.45) is 0. The molecule has 0 unspecified atom stereocenters. The van der Waals surface area contributed by atoms with E-state index in [4.69, 9.17) is 0 Å². The van der Waals surface area contributed by atoms with Gasteiger partial charge in [0, 0.05) is 14.2 Å². The van der Waals surface area contributed by atoms with Crippen LogP contribution >= 0.6 is 0 Å². The molecule has 0 spiro atoms. The molecule has 0 bridgehead atoms. The molecule has 0 amide bonds. The molecule has 38 valence electrons. The van der Waals surface area contributed by atoms with Gasteiger partial charge >= 0.3 is 0 Å². The molecular weight excluding hydrogens is 95.0 g/mol. The average molecular weight is 106 g/mol. The van der Waals surface area contributed by atoms with Crippen LogP contribution in [0.5, 0.6) is 0 Å². The maximum Gasteiger partial charge on any atom is 0.187 e. The fraction of sp³-hybridized carbons (Fsp3) is 1.00. The Balaban J connectivity index is 0. The summed E-state index contributed by atoms with van der Waals surface area (Å²) < 4.78 is 8.94. The normalized spacial score (nSPS) is 7.00. The lowest BCUT2D eigenvalue weighted by Gasteiger charge is -1.87. The molecule has 0 aromatic rings. The number of hydrogen-bond donors (Lipinski definition) is 0. The van der Waals surface area contributed by atoms with Crippen molar-refractivity contribution >= 4 is 17.4 Å². The molecule has 0 aliphatic heterocycles. The number of methoxy groups -OCH3 is 2. The van der Waals surface area contributed by atoms with Crippen molar-refractivity contribution in [1.29, 1.82) is 0 Å². The lowest BCUT2D eigenvalue weighted by molar-refractivity contribution is -0.00271. The van der Waals surface area contributed by atoms with Crippen LogP contribution in [0.2, 0.25) is 0 Å². The summed E-state index contributed by atoms with van der Waals surface area (Å²) in [4.78, 5) is 0. The molecule has 0 saturated carbocycles. The quantitative estimate of drug-likeness (QED) is 0.334. The van der Waals surface area contributed by atoms with Crippen LogP contribution in [0.4, 0.5) is 0 Å². The predicted octanol–water partition coefficient (Wildman–Crippen LogP) is -0.947. The molecule has 0 aromatic carbocycles. The van der Waals surface area contributed by atoms with E-state index >= 15 is 0 Å². The maximum atomic E-state index is 4.47. The Bertz CT molecular complexity index is 16.3. The zero-order valence-electron chi connectivity index (χ0n) is 3.52. The predicted molar refractivity (Wildman–Crippen MR) is 28.8 cm³/mol. The lowest BCUT2D eigenvalue weighted by Crippen LogP contribution is -1.87. The van der Waals surface area contributed by atoms with Crippen LogP contribution in [0.25, 0.3) is 0 Å². The van der Waals surface area contributed by atoms with E-state index in [1.165, 1.54) is 0 Å². The van der Waals surface area contributed by atoms with Crippen LogP contribution in [0.15, 0.2) is 0 Å². The molecule has 0 aliphatic rings. The van der Waals surface area contributed by atoms with Gasteiger partial charge in [0.15, 0.2) is 17.4 Å². The summed E-state index contributed by atoms with van der Waals surface area (Å²) >= 11 is 0. The highest BCUT2D eigenvalue weighted by atomic mass is 27.0. The first-order chi connectivity index (χ1) is 2.41. The number of hydrogen-bond acceptors (Lipinski definition) is 2. The van der Waals surface area contributed by atoms with Crippen molar-refractivity contribution in [3.63, 3.8) is 0 Å². The lowest BCUT2D eigenvalue weighted by atomic mass is 11.4. The topological polar surface area (TPSA) is 18.5 Å². The van der Waals surface area contributed by atoms with E-state index in [-0.39, 0.29) is 17.4 Å². The summed E-state index contributed by atoms with van der Waals surface area (Å²) in [5, 5.41) is 0. The van der Waals surface area contributed by atoms with Gasteiger partial charge in [-0.25, -0.2) is 0 Å². The second-order valence-electron chi connectivity index (χ2n) is 0.695. The molecule has 0 aliphatic carbocycles. The Hall–Kier alpha value is 0.452. The van der Waals surface area contributed by atoms with Gasteiger partial charge in [0.1, 0.15) is 6.79 Å².